The average molecular weight is 291 g/mol. The standard InChI is InChI=1S/C14H17N3O2S/c1-2-7-20-9-13-16-14(19-17-13)12-8-15-10-5-3-4-6-11(10)18-12/h3-6,12,15H,2,7-9H2,1H3. The van der Waals surface area contributed by atoms with Crippen molar-refractivity contribution in [1.29, 1.82) is 0 Å². The van der Waals surface area contributed by atoms with Crippen molar-refractivity contribution in [3.63, 3.8) is 0 Å². The molecule has 3 rings (SSSR count). The zero-order valence-corrected chi connectivity index (χ0v) is 12.2. The second kappa shape index (κ2) is 6.17. The molecule has 1 unspecified atom stereocenters. The molecule has 2 heterocycles. The van der Waals surface area contributed by atoms with E-state index in [1.54, 1.807) is 0 Å². The first-order valence-corrected chi connectivity index (χ1v) is 7.92. The molecule has 1 aromatic heterocycles. The molecule has 0 amide bonds. The van der Waals surface area contributed by atoms with Crippen molar-refractivity contribution in [3.05, 3.63) is 36.0 Å². The summed E-state index contributed by atoms with van der Waals surface area (Å²) in [6.45, 7) is 2.80. The third-order valence-corrected chi connectivity index (χ3v) is 4.13. The van der Waals surface area contributed by atoms with Gasteiger partial charge in [0.2, 0.25) is 0 Å². The number of thioether (sulfide) groups is 1. The molecule has 106 valence electrons. The molecule has 0 aliphatic carbocycles. The minimum atomic E-state index is -0.220. The first-order chi connectivity index (χ1) is 9.86. The number of hydrogen-bond acceptors (Lipinski definition) is 6. The van der Waals surface area contributed by atoms with Crippen molar-refractivity contribution in [2.75, 3.05) is 17.6 Å². The fourth-order valence-corrected chi connectivity index (χ4v) is 2.75. The van der Waals surface area contributed by atoms with Crippen LogP contribution in [0.5, 0.6) is 5.75 Å². The number of hydrogen-bond donors (Lipinski definition) is 1. The predicted molar refractivity (Wildman–Crippen MR) is 79.1 cm³/mol. The van der Waals surface area contributed by atoms with Crippen LogP contribution in [-0.4, -0.2) is 22.4 Å². The lowest BCUT2D eigenvalue weighted by molar-refractivity contribution is 0.163. The second-order valence-electron chi connectivity index (χ2n) is 4.58. The summed E-state index contributed by atoms with van der Waals surface area (Å²) in [4.78, 5) is 4.42. The third-order valence-electron chi connectivity index (χ3n) is 2.97. The Morgan fingerprint density at radius 1 is 1.40 bits per heavy atom. The van der Waals surface area contributed by atoms with Crippen molar-refractivity contribution in [3.8, 4) is 5.75 Å². The van der Waals surface area contributed by atoms with Gasteiger partial charge in [-0.25, -0.2) is 0 Å². The van der Waals surface area contributed by atoms with Crippen molar-refractivity contribution in [2.45, 2.75) is 25.2 Å². The Morgan fingerprint density at radius 2 is 2.30 bits per heavy atom. The van der Waals surface area contributed by atoms with E-state index in [-0.39, 0.29) is 6.10 Å². The number of para-hydroxylation sites is 2. The van der Waals surface area contributed by atoms with Crippen LogP contribution in [0.1, 0.15) is 31.2 Å². The summed E-state index contributed by atoms with van der Waals surface area (Å²) >= 11 is 1.81. The van der Waals surface area contributed by atoms with Gasteiger partial charge >= 0.3 is 0 Å². The smallest absolute Gasteiger partial charge is 0.269 e. The number of fused-ring (bicyclic) bond motifs is 1. The molecule has 5 nitrogen and oxygen atoms in total. The van der Waals surface area contributed by atoms with Crippen molar-refractivity contribution >= 4 is 17.4 Å². The molecule has 0 fully saturated rings. The molecule has 6 heteroatoms. The van der Waals surface area contributed by atoms with Crippen LogP contribution in [-0.2, 0) is 5.75 Å². The van der Waals surface area contributed by atoms with Gasteiger partial charge in [-0.2, -0.15) is 16.7 Å². The summed E-state index contributed by atoms with van der Waals surface area (Å²) in [6.07, 6.45) is 0.935. The number of nitrogens with one attached hydrogen (secondary N) is 1. The second-order valence-corrected chi connectivity index (χ2v) is 5.69. The summed E-state index contributed by atoms with van der Waals surface area (Å²) in [5, 5.41) is 7.32. The normalized spacial score (nSPS) is 17.1. The lowest BCUT2D eigenvalue weighted by Crippen LogP contribution is -2.23. The first kappa shape index (κ1) is 13.3. The summed E-state index contributed by atoms with van der Waals surface area (Å²) < 4.78 is 11.2. The van der Waals surface area contributed by atoms with Gasteiger partial charge in [0.1, 0.15) is 5.75 Å². The number of aromatic nitrogens is 2. The van der Waals surface area contributed by atoms with Gasteiger partial charge in [-0.05, 0) is 24.3 Å². The molecule has 20 heavy (non-hydrogen) atoms. The van der Waals surface area contributed by atoms with E-state index >= 15 is 0 Å². The van der Waals surface area contributed by atoms with Gasteiger partial charge in [-0.3, -0.25) is 0 Å². The Balaban J connectivity index is 1.66. The van der Waals surface area contributed by atoms with Crippen molar-refractivity contribution < 1.29 is 9.26 Å². The molecule has 0 spiro atoms. The highest BCUT2D eigenvalue weighted by molar-refractivity contribution is 7.98. The fourth-order valence-electron chi connectivity index (χ4n) is 2.02. The molecular weight excluding hydrogens is 274 g/mol. The van der Waals surface area contributed by atoms with Crippen molar-refractivity contribution in [2.24, 2.45) is 0 Å². The molecule has 1 N–H and O–H groups in total. The maximum absolute atomic E-state index is 5.89. The highest BCUT2D eigenvalue weighted by Gasteiger charge is 2.25. The molecule has 1 aliphatic rings. The lowest BCUT2D eigenvalue weighted by Gasteiger charge is -2.24. The first-order valence-electron chi connectivity index (χ1n) is 6.76. The lowest BCUT2D eigenvalue weighted by atomic mass is 10.2. The minimum Gasteiger partial charge on any atom is -0.477 e. The van der Waals surface area contributed by atoms with Crippen LogP contribution >= 0.6 is 11.8 Å². The van der Waals surface area contributed by atoms with E-state index < -0.39 is 0 Å². The van der Waals surface area contributed by atoms with Gasteiger partial charge < -0.3 is 14.6 Å². The fraction of sp³-hybridized carbons (Fsp3) is 0.429. The highest BCUT2D eigenvalue weighted by atomic mass is 32.2. The zero-order valence-electron chi connectivity index (χ0n) is 11.3. The van der Waals surface area contributed by atoms with Crippen LogP contribution in [0.15, 0.2) is 28.8 Å². The number of nitrogens with zero attached hydrogens (tertiary/aromatic N) is 2. The Bertz CT molecular complexity index is 573. The van der Waals surface area contributed by atoms with E-state index in [0.717, 1.165) is 35.2 Å². The Morgan fingerprint density at radius 3 is 3.20 bits per heavy atom. The van der Waals surface area contributed by atoms with E-state index in [1.807, 2.05) is 36.0 Å². The van der Waals surface area contributed by atoms with E-state index in [9.17, 15) is 0 Å². The van der Waals surface area contributed by atoms with Gasteiger partial charge in [0.25, 0.3) is 5.89 Å². The third kappa shape index (κ3) is 2.90. The molecule has 1 aromatic carbocycles. The van der Waals surface area contributed by atoms with Crippen LogP contribution in [0.2, 0.25) is 0 Å². The Hall–Kier alpha value is -1.69. The summed E-state index contributed by atoms with van der Waals surface area (Å²) in [7, 11) is 0. The maximum Gasteiger partial charge on any atom is 0.269 e. The van der Waals surface area contributed by atoms with Crippen LogP contribution in [0.25, 0.3) is 0 Å². The molecule has 0 bridgehead atoms. The molecule has 2 aromatic rings. The Labute approximate surface area is 122 Å². The van der Waals surface area contributed by atoms with Gasteiger partial charge in [0.15, 0.2) is 11.9 Å². The number of rotatable bonds is 5. The number of ether oxygens (including phenoxy) is 1. The summed E-state index contributed by atoms with van der Waals surface area (Å²) in [6, 6.07) is 7.85. The summed E-state index contributed by atoms with van der Waals surface area (Å²) in [5.74, 6) is 4.00. The summed E-state index contributed by atoms with van der Waals surface area (Å²) in [5.41, 5.74) is 1.00. The van der Waals surface area contributed by atoms with Gasteiger partial charge in [0, 0.05) is 0 Å². The van der Waals surface area contributed by atoms with Gasteiger partial charge in [0.05, 0.1) is 18.0 Å². The maximum atomic E-state index is 5.89. The van der Waals surface area contributed by atoms with Crippen LogP contribution in [0.3, 0.4) is 0 Å². The Kier molecular flexibility index (Phi) is 4.11. The quantitative estimate of drug-likeness (QED) is 0.853. The minimum absolute atomic E-state index is 0.220. The largest absolute Gasteiger partial charge is 0.477 e. The topological polar surface area (TPSA) is 60.2 Å². The SMILES string of the molecule is CCCSCc1noc(C2CNc3ccccc3O2)n1. The molecule has 0 saturated carbocycles. The van der Waals surface area contributed by atoms with Gasteiger partial charge in [-0.1, -0.05) is 24.2 Å². The van der Waals surface area contributed by atoms with E-state index in [2.05, 4.69) is 22.4 Å². The average Bonchev–Trinajstić information content (AvgIpc) is 2.96. The van der Waals surface area contributed by atoms with Gasteiger partial charge in [-0.15, -0.1) is 0 Å². The van der Waals surface area contributed by atoms with Crippen LogP contribution in [0, 0.1) is 0 Å². The highest BCUT2D eigenvalue weighted by Crippen LogP contribution is 2.33. The van der Waals surface area contributed by atoms with E-state index in [1.165, 1.54) is 0 Å². The number of benzene rings is 1. The van der Waals surface area contributed by atoms with Crippen molar-refractivity contribution in [1.82, 2.24) is 10.1 Å². The van der Waals surface area contributed by atoms with Crippen LogP contribution < -0.4 is 10.1 Å². The molecule has 1 aliphatic heterocycles. The van der Waals surface area contributed by atoms with Crippen LogP contribution in [0.4, 0.5) is 5.69 Å². The molecular formula is C14H17N3O2S. The molecule has 0 saturated heterocycles. The predicted octanol–water partition coefficient (Wildman–Crippen LogP) is 3.26. The van der Waals surface area contributed by atoms with E-state index in [4.69, 9.17) is 9.26 Å². The zero-order chi connectivity index (χ0) is 13.8. The monoisotopic (exact) mass is 291 g/mol. The molecule has 1 atom stereocenters. The number of anilines is 1. The molecule has 0 radical (unpaired) electrons. The van der Waals surface area contributed by atoms with E-state index in [0.29, 0.717) is 12.4 Å².